The van der Waals surface area contributed by atoms with Crippen molar-refractivity contribution in [1.29, 1.82) is 0 Å². The normalized spacial score (nSPS) is 13.9. The first-order chi connectivity index (χ1) is 8.02. The van der Waals surface area contributed by atoms with Crippen LogP contribution in [0.5, 0.6) is 0 Å². The molecule has 0 saturated heterocycles. The molecule has 1 atom stereocenters. The molecule has 0 radical (unpaired) electrons. The van der Waals surface area contributed by atoms with E-state index in [0.717, 1.165) is 6.54 Å². The van der Waals surface area contributed by atoms with Gasteiger partial charge in [-0.15, -0.1) is 0 Å². The molecule has 0 fully saturated rings. The van der Waals surface area contributed by atoms with Crippen LogP contribution >= 0.6 is 0 Å². The minimum Gasteiger partial charge on any atom is -0.331 e. The van der Waals surface area contributed by atoms with E-state index in [1.165, 1.54) is 5.69 Å². The highest BCUT2D eigenvalue weighted by molar-refractivity contribution is 5.08. The van der Waals surface area contributed by atoms with Gasteiger partial charge in [-0.05, 0) is 34.2 Å². The lowest BCUT2D eigenvalue weighted by atomic mass is 10.1. The Hall–Kier alpha value is -0.870. The number of hydrogen-bond donors (Lipinski definition) is 1. The number of nitrogens with two attached hydrogens (primary N) is 1. The van der Waals surface area contributed by atoms with Gasteiger partial charge in [0, 0.05) is 24.8 Å². The van der Waals surface area contributed by atoms with Gasteiger partial charge in [0.05, 0.1) is 18.1 Å². The van der Waals surface area contributed by atoms with Crippen LogP contribution in [0.2, 0.25) is 0 Å². The minimum atomic E-state index is 0.255. The van der Waals surface area contributed by atoms with Crippen molar-refractivity contribution >= 4 is 0 Å². The number of rotatable bonds is 6. The average Bonchev–Trinajstić information content (AvgIpc) is 2.73. The number of likely N-dealkylation sites (N-methyl/N-ethyl adjacent to an activating group) is 1. The van der Waals surface area contributed by atoms with Gasteiger partial charge in [-0.2, -0.15) is 0 Å². The molecule has 0 saturated carbocycles. The first-order valence-electron chi connectivity index (χ1n) is 6.50. The summed E-state index contributed by atoms with van der Waals surface area (Å²) in [5.74, 6) is 0. The zero-order chi connectivity index (χ0) is 13.0. The highest BCUT2D eigenvalue weighted by Gasteiger charge is 2.23. The molecule has 0 bridgehead atoms. The van der Waals surface area contributed by atoms with E-state index >= 15 is 0 Å². The van der Waals surface area contributed by atoms with Crippen molar-refractivity contribution in [3.63, 3.8) is 0 Å². The first-order valence-corrected chi connectivity index (χ1v) is 6.50. The first kappa shape index (κ1) is 14.2. The van der Waals surface area contributed by atoms with Gasteiger partial charge < -0.3 is 10.3 Å². The number of aromatic nitrogens is 2. The van der Waals surface area contributed by atoms with Crippen LogP contribution in [-0.4, -0.2) is 33.6 Å². The van der Waals surface area contributed by atoms with E-state index in [9.17, 15) is 0 Å². The molecule has 4 heteroatoms. The SMILES string of the molecule is CCN(C(C)C)C(CN)c1cncn1C(C)C. The second-order valence-corrected chi connectivity index (χ2v) is 5.00. The molecule has 0 aliphatic heterocycles. The van der Waals surface area contributed by atoms with E-state index in [-0.39, 0.29) is 6.04 Å². The molecule has 0 aliphatic rings. The maximum Gasteiger partial charge on any atom is 0.0951 e. The maximum atomic E-state index is 5.96. The summed E-state index contributed by atoms with van der Waals surface area (Å²) in [6.07, 6.45) is 3.85. The molecular formula is C13H26N4. The number of imidazole rings is 1. The molecule has 1 heterocycles. The fourth-order valence-corrected chi connectivity index (χ4v) is 2.38. The van der Waals surface area contributed by atoms with Crippen molar-refractivity contribution in [3.05, 3.63) is 18.2 Å². The van der Waals surface area contributed by atoms with Gasteiger partial charge in [-0.25, -0.2) is 4.98 Å². The molecule has 4 nitrogen and oxygen atoms in total. The van der Waals surface area contributed by atoms with Gasteiger partial charge in [0.2, 0.25) is 0 Å². The second kappa shape index (κ2) is 6.17. The van der Waals surface area contributed by atoms with E-state index in [2.05, 4.69) is 49.1 Å². The lowest BCUT2D eigenvalue weighted by molar-refractivity contribution is 0.159. The van der Waals surface area contributed by atoms with Crippen molar-refractivity contribution in [3.8, 4) is 0 Å². The molecule has 2 N–H and O–H groups in total. The van der Waals surface area contributed by atoms with Crippen molar-refractivity contribution in [1.82, 2.24) is 14.5 Å². The Bertz CT molecular complexity index is 330. The molecule has 1 rings (SSSR count). The van der Waals surface area contributed by atoms with Crippen LogP contribution < -0.4 is 5.73 Å². The van der Waals surface area contributed by atoms with E-state index in [1.54, 1.807) is 0 Å². The highest BCUT2D eigenvalue weighted by atomic mass is 15.2. The number of nitrogens with zero attached hydrogens (tertiary/aromatic N) is 3. The Morgan fingerprint density at radius 2 is 2.00 bits per heavy atom. The van der Waals surface area contributed by atoms with Crippen molar-refractivity contribution in [2.75, 3.05) is 13.1 Å². The fourth-order valence-electron chi connectivity index (χ4n) is 2.38. The van der Waals surface area contributed by atoms with Crippen LogP contribution in [0.3, 0.4) is 0 Å². The Labute approximate surface area is 105 Å². The Morgan fingerprint density at radius 1 is 1.35 bits per heavy atom. The minimum absolute atomic E-state index is 0.255. The van der Waals surface area contributed by atoms with Crippen LogP contribution in [0.25, 0.3) is 0 Å². The van der Waals surface area contributed by atoms with Crippen molar-refractivity contribution in [2.45, 2.75) is 52.7 Å². The summed E-state index contributed by atoms with van der Waals surface area (Å²) >= 11 is 0. The molecule has 0 amide bonds. The summed E-state index contributed by atoms with van der Waals surface area (Å²) in [6, 6.07) is 1.17. The summed E-state index contributed by atoms with van der Waals surface area (Å²) in [4.78, 5) is 6.68. The zero-order valence-electron chi connectivity index (χ0n) is 11.7. The fraction of sp³-hybridized carbons (Fsp3) is 0.769. The van der Waals surface area contributed by atoms with E-state index in [4.69, 9.17) is 5.73 Å². The Kier molecular flexibility index (Phi) is 5.15. The van der Waals surface area contributed by atoms with Gasteiger partial charge in [-0.3, -0.25) is 4.90 Å². The molecular weight excluding hydrogens is 212 g/mol. The van der Waals surface area contributed by atoms with Gasteiger partial charge in [0.25, 0.3) is 0 Å². The maximum absolute atomic E-state index is 5.96. The third-order valence-electron chi connectivity index (χ3n) is 3.25. The molecule has 17 heavy (non-hydrogen) atoms. The standard InChI is InChI=1S/C13H26N4/c1-6-16(10(2)3)12(7-14)13-8-15-9-17(13)11(4)5/h8-12H,6-7,14H2,1-5H3. The van der Waals surface area contributed by atoms with Gasteiger partial charge in [0.1, 0.15) is 0 Å². The molecule has 98 valence electrons. The highest BCUT2D eigenvalue weighted by Crippen LogP contribution is 2.23. The topological polar surface area (TPSA) is 47.1 Å². The summed E-state index contributed by atoms with van der Waals surface area (Å²) in [7, 11) is 0. The van der Waals surface area contributed by atoms with Crippen LogP contribution in [-0.2, 0) is 0 Å². The summed E-state index contributed by atoms with van der Waals surface area (Å²) in [6.45, 7) is 12.6. The van der Waals surface area contributed by atoms with Crippen LogP contribution in [0.15, 0.2) is 12.5 Å². The van der Waals surface area contributed by atoms with E-state index in [0.29, 0.717) is 18.6 Å². The Morgan fingerprint density at radius 3 is 2.41 bits per heavy atom. The molecule has 0 aromatic carbocycles. The lowest BCUT2D eigenvalue weighted by Crippen LogP contribution is -2.39. The monoisotopic (exact) mass is 238 g/mol. The van der Waals surface area contributed by atoms with Crippen molar-refractivity contribution < 1.29 is 0 Å². The molecule has 0 aliphatic carbocycles. The van der Waals surface area contributed by atoms with E-state index < -0.39 is 0 Å². The van der Waals surface area contributed by atoms with Gasteiger partial charge in [0.15, 0.2) is 0 Å². The van der Waals surface area contributed by atoms with Gasteiger partial charge in [-0.1, -0.05) is 6.92 Å². The third-order valence-corrected chi connectivity index (χ3v) is 3.25. The largest absolute Gasteiger partial charge is 0.331 e. The predicted octanol–water partition coefficient (Wildman–Crippen LogP) is 2.19. The molecule has 1 aromatic heterocycles. The van der Waals surface area contributed by atoms with Crippen molar-refractivity contribution in [2.24, 2.45) is 5.73 Å². The quantitative estimate of drug-likeness (QED) is 0.826. The van der Waals surface area contributed by atoms with Crippen LogP contribution in [0, 0.1) is 0 Å². The van der Waals surface area contributed by atoms with Crippen LogP contribution in [0.4, 0.5) is 0 Å². The molecule has 1 unspecified atom stereocenters. The van der Waals surface area contributed by atoms with Crippen LogP contribution in [0.1, 0.15) is 52.4 Å². The Balaban J connectivity index is 3.04. The smallest absolute Gasteiger partial charge is 0.0951 e. The van der Waals surface area contributed by atoms with Gasteiger partial charge >= 0.3 is 0 Å². The summed E-state index contributed by atoms with van der Waals surface area (Å²) in [5, 5.41) is 0. The second-order valence-electron chi connectivity index (χ2n) is 5.00. The number of hydrogen-bond acceptors (Lipinski definition) is 3. The predicted molar refractivity (Wildman–Crippen MR) is 71.9 cm³/mol. The third kappa shape index (κ3) is 3.07. The van der Waals surface area contributed by atoms with E-state index in [1.807, 2.05) is 12.5 Å². The average molecular weight is 238 g/mol. The molecule has 0 spiro atoms. The zero-order valence-corrected chi connectivity index (χ0v) is 11.7. The molecule has 1 aromatic rings. The summed E-state index contributed by atoms with van der Waals surface area (Å²) in [5.41, 5.74) is 7.18. The summed E-state index contributed by atoms with van der Waals surface area (Å²) < 4.78 is 2.21. The lowest BCUT2D eigenvalue weighted by Gasteiger charge is -2.34.